The zero-order valence-corrected chi connectivity index (χ0v) is 16.2. The quantitative estimate of drug-likeness (QED) is 0.882. The summed E-state index contributed by atoms with van der Waals surface area (Å²) in [5.41, 5.74) is 0.830. The van der Waals surface area contributed by atoms with E-state index < -0.39 is 5.60 Å². The summed E-state index contributed by atoms with van der Waals surface area (Å²) < 4.78 is 10.8. The monoisotopic (exact) mass is 348 g/mol. The summed E-state index contributed by atoms with van der Waals surface area (Å²) in [6.45, 7) is 8.14. The molecular weight excluding hydrogens is 316 g/mol. The molecule has 5 heteroatoms. The number of nitrogens with zero attached hydrogens (tertiary/aromatic N) is 1. The van der Waals surface area contributed by atoms with Gasteiger partial charge < -0.3 is 19.7 Å². The molecule has 2 atom stereocenters. The second-order valence-electron chi connectivity index (χ2n) is 7.77. The summed E-state index contributed by atoms with van der Waals surface area (Å²) in [4.78, 5) is 14.3. The number of likely N-dealkylation sites (N-methyl/N-ethyl adjacent to an activating group) is 1. The van der Waals surface area contributed by atoms with Crippen LogP contribution in [-0.4, -0.2) is 50.4 Å². The minimum Gasteiger partial charge on any atom is -0.497 e. The first-order valence-electron chi connectivity index (χ1n) is 9.10. The van der Waals surface area contributed by atoms with Gasteiger partial charge in [0, 0.05) is 25.6 Å². The van der Waals surface area contributed by atoms with Crippen LogP contribution in [0.1, 0.15) is 45.1 Å². The van der Waals surface area contributed by atoms with Gasteiger partial charge in [0.05, 0.1) is 7.11 Å². The molecule has 1 aromatic rings. The number of hydrogen-bond donors (Lipinski definition) is 1. The van der Waals surface area contributed by atoms with Crippen molar-refractivity contribution in [3.63, 3.8) is 0 Å². The largest absolute Gasteiger partial charge is 0.497 e. The Bertz CT molecular complexity index is 551. The number of rotatable bonds is 5. The molecule has 0 bridgehead atoms. The Balaban J connectivity index is 2.10. The summed E-state index contributed by atoms with van der Waals surface area (Å²) in [6, 6.07) is 8.28. The van der Waals surface area contributed by atoms with E-state index in [2.05, 4.69) is 17.4 Å². The van der Waals surface area contributed by atoms with Gasteiger partial charge in [0.1, 0.15) is 11.4 Å². The first-order chi connectivity index (χ1) is 11.8. The van der Waals surface area contributed by atoms with Crippen LogP contribution in [0, 0.1) is 5.92 Å². The fourth-order valence-electron chi connectivity index (χ4n) is 3.46. The van der Waals surface area contributed by atoms with E-state index in [1.54, 1.807) is 7.11 Å². The average molecular weight is 348 g/mol. The highest BCUT2D eigenvalue weighted by Crippen LogP contribution is 2.32. The van der Waals surface area contributed by atoms with Crippen molar-refractivity contribution in [2.75, 3.05) is 33.8 Å². The van der Waals surface area contributed by atoms with Gasteiger partial charge in [-0.2, -0.15) is 0 Å². The average Bonchev–Trinajstić information content (AvgIpc) is 2.58. The molecule has 1 amide bonds. The number of ether oxygens (including phenoxy) is 2. The van der Waals surface area contributed by atoms with Gasteiger partial charge in [-0.15, -0.1) is 0 Å². The number of amides is 1. The molecule has 1 aliphatic rings. The third-order valence-corrected chi connectivity index (χ3v) is 4.65. The van der Waals surface area contributed by atoms with Gasteiger partial charge in [-0.3, -0.25) is 0 Å². The fourth-order valence-corrected chi connectivity index (χ4v) is 3.46. The SMILES string of the molecule is CNCC(c1ccc(OC)cc1)C1CCCN(C(=O)OC(C)(C)C)C1. The van der Waals surface area contributed by atoms with Crippen LogP contribution < -0.4 is 10.1 Å². The Morgan fingerprint density at radius 1 is 1.32 bits per heavy atom. The molecule has 1 fully saturated rings. The second-order valence-corrected chi connectivity index (χ2v) is 7.77. The first-order valence-corrected chi connectivity index (χ1v) is 9.10. The molecule has 25 heavy (non-hydrogen) atoms. The zero-order valence-electron chi connectivity index (χ0n) is 16.2. The first kappa shape index (κ1) is 19.6. The number of nitrogens with one attached hydrogen (secondary N) is 1. The van der Waals surface area contributed by atoms with Crippen LogP contribution in [-0.2, 0) is 4.74 Å². The van der Waals surface area contributed by atoms with E-state index in [0.29, 0.717) is 11.8 Å². The van der Waals surface area contributed by atoms with Crippen LogP contribution in [0.3, 0.4) is 0 Å². The molecule has 0 saturated carbocycles. The Labute approximate surface area is 151 Å². The molecule has 1 saturated heterocycles. The van der Waals surface area contributed by atoms with Gasteiger partial charge in [0.25, 0.3) is 0 Å². The van der Waals surface area contributed by atoms with E-state index in [1.807, 2.05) is 44.9 Å². The molecule has 1 aromatic carbocycles. The van der Waals surface area contributed by atoms with E-state index in [-0.39, 0.29) is 6.09 Å². The molecule has 140 valence electrons. The molecule has 0 aliphatic carbocycles. The Morgan fingerprint density at radius 2 is 2.00 bits per heavy atom. The smallest absolute Gasteiger partial charge is 0.410 e. The van der Waals surface area contributed by atoms with Crippen molar-refractivity contribution in [2.24, 2.45) is 5.92 Å². The predicted octanol–water partition coefficient (Wildman–Crippen LogP) is 3.65. The molecule has 0 aromatic heterocycles. The van der Waals surface area contributed by atoms with Gasteiger partial charge in [-0.1, -0.05) is 12.1 Å². The minimum absolute atomic E-state index is 0.199. The minimum atomic E-state index is -0.454. The molecule has 5 nitrogen and oxygen atoms in total. The fraction of sp³-hybridized carbons (Fsp3) is 0.650. The second kappa shape index (κ2) is 8.56. The number of benzene rings is 1. The highest BCUT2D eigenvalue weighted by molar-refractivity contribution is 5.68. The predicted molar refractivity (Wildman–Crippen MR) is 100 cm³/mol. The maximum absolute atomic E-state index is 12.4. The van der Waals surface area contributed by atoms with Crippen molar-refractivity contribution in [1.29, 1.82) is 0 Å². The number of carbonyl (C=O) groups excluding carboxylic acids is 1. The van der Waals surface area contributed by atoms with Crippen molar-refractivity contribution in [2.45, 2.75) is 45.1 Å². The molecule has 1 N–H and O–H groups in total. The highest BCUT2D eigenvalue weighted by Gasteiger charge is 2.32. The van der Waals surface area contributed by atoms with Crippen LogP contribution >= 0.6 is 0 Å². The number of likely N-dealkylation sites (tertiary alicyclic amines) is 1. The molecule has 1 aliphatic heterocycles. The maximum atomic E-state index is 12.4. The van der Waals surface area contributed by atoms with Crippen molar-refractivity contribution >= 4 is 6.09 Å². The third-order valence-electron chi connectivity index (χ3n) is 4.65. The Kier molecular flexibility index (Phi) is 6.71. The maximum Gasteiger partial charge on any atom is 0.410 e. The number of piperidine rings is 1. The summed E-state index contributed by atoms with van der Waals surface area (Å²) in [5.74, 6) is 1.65. The van der Waals surface area contributed by atoms with Crippen molar-refractivity contribution in [3.8, 4) is 5.75 Å². The highest BCUT2D eigenvalue weighted by atomic mass is 16.6. The van der Waals surface area contributed by atoms with E-state index >= 15 is 0 Å². The summed E-state index contributed by atoms with van der Waals surface area (Å²) >= 11 is 0. The summed E-state index contributed by atoms with van der Waals surface area (Å²) in [7, 11) is 3.66. The van der Waals surface area contributed by atoms with Gasteiger partial charge in [0.2, 0.25) is 0 Å². The van der Waals surface area contributed by atoms with Crippen LogP contribution in [0.25, 0.3) is 0 Å². The Hall–Kier alpha value is -1.75. The van der Waals surface area contributed by atoms with Crippen molar-refractivity contribution < 1.29 is 14.3 Å². The lowest BCUT2D eigenvalue weighted by molar-refractivity contribution is 0.0151. The van der Waals surface area contributed by atoms with Crippen LogP contribution in [0.15, 0.2) is 24.3 Å². The molecule has 0 spiro atoms. The normalized spacial score (nSPS) is 19.4. The number of hydrogen-bond acceptors (Lipinski definition) is 4. The number of methoxy groups -OCH3 is 1. The van der Waals surface area contributed by atoms with Crippen molar-refractivity contribution in [3.05, 3.63) is 29.8 Å². The lowest BCUT2D eigenvalue weighted by atomic mass is 9.81. The lowest BCUT2D eigenvalue weighted by Gasteiger charge is -2.38. The van der Waals surface area contributed by atoms with E-state index in [4.69, 9.17) is 9.47 Å². The zero-order chi connectivity index (χ0) is 18.4. The summed E-state index contributed by atoms with van der Waals surface area (Å²) in [5, 5.41) is 3.31. The molecule has 0 radical (unpaired) electrons. The summed E-state index contributed by atoms with van der Waals surface area (Å²) in [6.07, 6.45) is 1.94. The van der Waals surface area contributed by atoms with Crippen LogP contribution in [0.5, 0.6) is 5.75 Å². The topological polar surface area (TPSA) is 50.8 Å². The molecule has 2 rings (SSSR count). The van der Waals surface area contributed by atoms with Gasteiger partial charge in [0.15, 0.2) is 0 Å². The van der Waals surface area contributed by atoms with Gasteiger partial charge >= 0.3 is 6.09 Å². The molecule has 2 unspecified atom stereocenters. The molecular formula is C20H32N2O3. The van der Waals surface area contributed by atoms with Gasteiger partial charge in [-0.25, -0.2) is 4.79 Å². The van der Waals surface area contributed by atoms with Crippen LogP contribution in [0.2, 0.25) is 0 Å². The Morgan fingerprint density at radius 3 is 2.56 bits per heavy atom. The standard InChI is InChI=1S/C20H32N2O3/c1-20(2,3)25-19(23)22-12-6-7-16(14-22)18(13-21-4)15-8-10-17(24-5)11-9-15/h8-11,16,18,21H,6-7,12-14H2,1-5H3. The van der Waals surface area contributed by atoms with E-state index in [1.165, 1.54) is 5.56 Å². The number of carbonyl (C=O) groups is 1. The van der Waals surface area contributed by atoms with E-state index in [0.717, 1.165) is 38.2 Å². The van der Waals surface area contributed by atoms with Crippen LogP contribution in [0.4, 0.5) is 4.79 Å². The van der Waals surface area contributed by atoms with Crippen molar-refractivity contribution in [1.82, 2.24) is 10.2 Å². The van der Waals surface area contributed by atoms with E-state index in [9.17, 15) is 4.79 Å². The van der Waals surface area contributed by atoms with Gasteiger partial charge in [-0.05, 0) is 64.3 Å². The lowest BCUT2D eigenvalue weighted by Crippen LogP contribution is -2.45. The third kappa shape index (κ3) is 5.63. The molecule has 1 heterocycles.